The van der Waals surface area contributed by atoms with Crippen LogP contribution in [0, 0.1) is 0 Å². The predicted octanol–water partition coefficient (Wildman–Crippen LogP) is 2.73. The molecule has 82 valence electrons. The molecule has 0 aromatic carbocycles. The van der Waals surface area contributed by atoms with Crippen molar-refractivity contribution in [1.82, 2.24) is 0 Å². The van der Waals surface area contributed by atoms with Gasteiger partial charge in [0.25, 0.3) is 0 Å². The Morgan fingerprint density at radius 3 is 1.50 bits per heavy atom. The summed E-state index contributed by atoms with van der Waals surface area (Å²) in [6.07, 6.45) is 0. The summed E-state index contributed by atoms with van der Waals surface area (Å²) >= 11 is 0. The molecule has 8 heteroatoms. The van der Waals surface area contributed by atoms with Crippen LogP contribution >= 0.6 is 0 Å². The van der Waals surface area contributed by atoms with Crippen LogP contribution in [0.25, 0.3) is 0 Å². The van der Waals surface area contributed by atoms with Gasteiger partial charge in [-0.3, -0.25) is 0 Å². The van der Waals surface area contributed by atoms with Gasteiger partial charge in [0.1, 0.15) is 0 Å². The Balaban J connectivity index is 3.40. The van der Waals surface area contributed by atoms with Crippen molar-refractivity contribution in [3.05, 3.63) is 11.7 Å². The monoisotopic (exact) mass is 224 g/mol. The van der Waals surface area contributed by atoms with Crippen molar-refractivity contribution in [3.8, 4) is 0 Å². The van der Waals surface area contributed by atoms with E-state index in [1.807, 2.05) is 0 Å². The quantitative estimate of drug-likeness (QED) is 0.622. The molecular weight excluding hydrogens is 221 g/mol. The molecule has 0 heterocycles. The third-order valence-corrected chi connectivity index (χ3v) is 1.83. The maximum atomic E-state index is 12.8. The van der Waals surface area contributed by atoms with E-state index in [-0.39, 0.29) is 7.11 Å². The van der Waals surface area contributed by atoms with Crippen LogP contribution in [0.3, 0.4) is 0 Å². The molecule has 0 saturated heterocycles. The smallest absolute Gasteiger partial charge is 0.339 e. The zero-order valence-electron chi connectivity index (χ0n) is 6.55. The average Bonchev–Trinajstić information content (AvgIpc) is 2.19. The first kappa shape index (κ1) is 11.3. The molecule has 1 aliphatic carbocycles. The highest BCUT2D eigenvalue weighted by atomic mass is 19.3. The Bertz CT molecular complexity index is 297. The Morgan fingerprint density at radius 2 is 1.36 bits per heavy atom. The first-order valence-corrected chi connectivity index (χ1v) is 3.19. The second-order valence-electron chi connectivity index (χ2n) is 2.58. The number of hydrogen-bond acceptors (Lipinski definition) is 1. The van der Waals surface area contributed by atoms with Gasteiger partial charge in [-0.1, -0.05) is 0 Å². The van der Waals surface area contributed by atoms with Gasteiger partial charge in [0.05, 0.1) is 0 Å². The second kappa shape index (κ2) is 2.62. The van der Waals surface area contributed by atoms with Crippen molar-refractivity contribution in [2.24, 2.45) is 0 Å². The molecule has 1 nitrogen and oxygen atoms in total. The summed E-state index contributed by atoms with van der Waals surface area (Å²) in [7, 11) is 0.224. The second-order valence-corrected chi connectivity index (χ2v) is 2.58. The maximum absolute atomic E-state index is 12.8. The summed E-state index contributed by atoms with van der Waals surface area (Å²) in [4.78, 5) is 0. The molecule has 1 atom stereocenters. The molecule has 0 radical (unpaired) electrons. The molecule has 0 saturated carbocycles. The Kier molecular flexibility index (Phi) is 2.11. The highest BCUT2D eigenvalue weighted by Crippen LogP contribution is 2.59. The number of halogens is 7. The fourth-order valence-corrected chi connectivity index (χ4v) is 0.974. The largest absolute Gasteiger partial charge is 0.381 e. The molecule has 0 amide bonds. The van der Waals surface area contributed by atoms with Crippen molar-refractivity contribution in [2.45, 2.75) is 17.7 Å². The van der Waals surface area contributed by atoms with Gasteiger partial charge in [0.15, 0.2) is 0 Å². The molecule has 14 heavy (non-hydrogen) atoms. The van der Waals surface area contributed by atoms with Crippen molar-refractivity contribution >= 4 is 0 Å². The van der Waals surface area contributed by atoms with E-state index in [4.69, 9.17) is 0 Å². The number of allylic oxidation sites excluding steroid dienone is 1. The number of ether oxygens (including phenoxy) is 1. The Hall–Kier alpha value is -0.790. The highest BCUT2D eigenvalue weighted by Gasteiger charge is 2.82. The summed E-state index contributed by atoms with van der Waals surface area (Å²) in [5.41, 5.74) is 0. The van der Waals surface area contributed by atoms with Gasteiger partial charge in [-0.05, 0) is 0 Å². The van der Waals surface area contributed by atoms with E-state index in [9.17, 15) is 30.7 Å². The molecule has 0 spiro atoms. The highest BCUT2D eigenvalue weighted by molar-refractivity contribution is 5.33. The van der Waals surface area contributed by atoms with Crippen LogP contribution in [0.1, 0.15) is 0 Å². The molecule has 0 N–H and O–H groups in total. The standard InChI is InChI=1S/C6H3F7O/c1-14-5(11)3(8)2(7)4(9,10)6(5,12)13/h1H3. The van der Waals surface area contributed by atoms with Gasteiger partial charge in [0, 0.05) is 7.11 Å². The van der Waals surface area contributed by atoms with E-state index in [0.717, 1.165) is 0 Å². The third kappa shape index (κ3) is 0.891. The average molecular weight is 224 g/mol. The minimum absolute atomic E-state index is 0.224. The van der Waals surface area contributed by atoms with Crippen molar-refractivity contribution < 1.29 is 35.5 Å². The zero-order valence-corrected chi connectivity index (χ0v) is 6.55. The molecular formula is C6H3F7O. The SMILES string of the molecule is COC1(F)C(F)=C(F)C(F)(F)C1(F)F. The zero-order chi connectivity index (χ0) is 11.4. The lowest BCUT2D eigenvalue weighted by atomic mass is 10.1. The lowest BCUT2D eigenvalue weighted by Gasteiger charge is -2.27. The van der Waals surface area contributed by atoms with Crippen LogP contribution in [-0.2, 0) is 4.74 Å². The normalized spacial score (nSPS) is 35.1. The summed E-state index contributed by atoms with van der Waals surface area (Å²) in [5.74, 6) is -22.0. The van der Waals surface area contributed by atoms with Crippen molar-refractivity contribution in [1.29, 1.82) is 0 Å². The van der Waals surface area contributed by atoms with E-state index < -0.39 is 29.4 Å². The first-order chi connectivity index (χ1) is 6.13. The van der Waals surface area contributed by atoms with Gasteiger partial charge in [-0.2, -0.15) is 22.0 Å². The third-order valence-electron chi connectivity index (χ3n) is 1.83. The maximum Gasteiger partial charge on any atom is 0.381 e. The lowest BCUT2D eigenvalue weighted by Crippen LogP contribution is -2.52. The van der Waals surface area contributed by atoms with E-state index in [2.05, 4.69) is 4.74 Å². The van der Waals surface area contributed by atoms with Gasteiger partial charge in [-0.15, -0.1) is 0 Å². The van der Waals surface area contributed by atoms with Gasteiger partial charge in [-0.25, -0.2) is 8.78 Å². The minimum atomic E-state index is -5.61. The van der Waals surface area contributed by atoms with Crippen LogP contribution < -0.4 is 0 Å². The predicted molar refractivity (Wildman–Crippen MR) is 30.0 cm³/mol. The molecule has 0 aliphatic heterocycles. The summed E-state index contributed by atoms with van der Waals surface area (Å²) in [6, 6.07) is 0. The van der Waals surface area contributed by atoms with Crippen LogP contribution in [0.4, 0.5) is 30.7 Å². The van der Waals surface area contributed by atoms with E-state index in [1.54, 1.807) is 0 Å². The fraction of sp³-hybridized carbons (Fsp3) is 0.667. The number of rotatable bonds is 1. The topological polar surface area (TPSA) is 9.23 Å². The molecule has 0 fully saturated rings. The summed E-state index contributed by atoms with van der Waals surface area (Å²) in [5, 5.41) is 0. The molecule has 0 bridgehead atoms. The van der Waals surface area contributed by atoms with Crippen LogP contribution in [0.15, 0.2) is 11.7 Å². The molecule has 0 aromatic heterocycles. The van der Waals surface area contributed by atoms with Crippen LogP contribution in [0.2, 0.25) is 0 Å². The number of alkyl halides is 5. The number of hydrogen-bond donors (Lipinski definition) is 0. The summed E-state index contributed by atoms with van der Waals surface area (Å²) in [6.45, 7) is 0. The van der Waals surface area contributed by atoms with E-state index in [1.165, 1.54) is 0 Å². The van der Waals surface area contributed by atoms with Gasteiger partial charge >= 0.3 is 17.7 Å². The summed E-state index contributed by atoms with van der Waals surface area (Å²) < 4.78 is 90.3. The van der Waals surface area contributed by atoms with E-state index in [0.29, 0.717) is 0 Å². The Morgan fingerprint density at radius 1 is 0.929 bits per heavy atom. The Labute approximate surface area is 73.1 Å². The molecule has 1 rings (SSSR count). The number of methoxy groups -OCH3 is 1. The molecule has 1 aliphatic rings. The van der Waals surface area contributed by atoms with Gasteiger partial charge in [0.2, 0.25) is 11.7 Å². The van der Waals surface area contributed by atoms with Gasteiger partial charge < -0.3 is 4.74 Å². The molecule has 0 aromatic rings. The van der Waals surface area contributed by atoms with Crippen LogP contribution in [0.5, 0.6) is 0 Å². The lowest BCUT2D eigenvalue weighted by molar-refractivity contribution is -0.305. The first-order valence-electron chi connectivity index (χ1n) is 3.19. The van der Waals surface area contributed by atoms with Crippen LogP contribution in [-0.4, -0.2) is 24.8 Å². The molecule has 1 unspecified atom stereocenters. The minimum Gasteiger partial charge on any atom is -0.339 e. The van der Waals surface area contributed by atoms with Crippen molar-refractivity contribution in [3.63, 3.8) is 0 Å². The van der Waals surface area contributed by atoms with Crippen molar-refractivity contribution in [2.75, 3.05) is 7.11 Å². The fourth-order valence-electron chi connectivity index (χ4n) is 0.974. The van der Waals surface area contributed by atoms with E-state index >= 15 is 0 Å².